The summed E-state index contributed by atoms with van der Waals surface area (Å²) in [6.45, 7) is 7.42. The average molecular weight is 484 g/mol. The Kier molecular flexibility index (Phi) is 7.24. The van der Waals surface area contributed by atoms with Gasteiger partial charge in [0, 0.05) is 30.9 Å². The van der Waals surface area contributed by atoms with Gasteiger partial charge in [0.25, 0.3) is 5.56 Å². The van der Waals surface area contributed by atoms with E-state index in [2.05, 4.69) is 26.8 Å². The van der Waals surface area contributed by atoms with Crippen LogP contribution in [-0.4, -0.2) is 45.1 Å². The van der Waals surface area contributed by atoms with Crippen LogP contribution in [0.3, 0.4) is 0 Å². The highest BCUT2D eigenvalue weighted by molar-refractivity contribution is 7.99. The average Bonchev–Trinajstić information content (AvgIpc) is 3.25. The van der Waals surface area contributed by atoms with Gasteiger partial charge < -0.3 is 10.2 Å². The number of benzene rings is 1. The Labute approximate surface area is 199 Å². The highest BCUT2D eigenvalue weighted by Gasteiger charge is 2.20. The fourth-order valence-corrected chi connectivity index (χ4v) is 5.42. The molecule has 1 aliphatic rings. The van der Waals surface area contributed by atoms with Gasteiger partial charge in [-0.1, -0.05) is 29.2 Å². The van der Waals surface area contributed by atoms with Gasteiger partial charge >= 0.3 is 0 Å². The number of amides is 1. The van der Waals surface area contributed by atoms with Crippen molar-refractivity contribution in [3.05, 3.63) is 52.8 Å². The molecule has 3 heterocycles. The number of carbonyl (C=O) groups is 2. The maximum absolute atomic E-state index is 13.1. The van der Waals surface area contributed by atoms with Crippen LogP contribution in [0.2, 0.25) is 0 Å². The highest BCUT2D eigenvalue weighted by atomic mass is 32.2. The van der Waals surface area contributed by atoms with Gasteiger partial charge in [-0.2, -0.15) is 4.98 Å². The van der Waals surface area contributed by atoms with Crippen molar-refractivity contribution in [2.24, 2.45) is 0 Å². The molecule has 4 rings (SSSR count). The van der Waals surface area contributed by atoms with E-state index in [1.165, 1.54) is 41.0 Å². The van der Waals surface area contributed by atoms with Crippen LogP contribution in [0.5, 0.6) is 0 Å². The number of anilines is 2. The number of Topliss-reactive ketones (excluding diaryl/α,β-unsaturated/α-hetero) is 1. The number of aromatic nitrogens is 3. The molecular weight excluding hydrogens is 458 g/mol. The lowest BCUT2D eigenvalue weighted by molar-refractivity contribution is -0.113. The molecule has 33 heavy (non-hydrogen) atoms. The summed E-state index contributed by atoms with van der Waals surface area (Å²) in [6.07, 6.45) is 5.10. The second kappa shape index (κ2) is 10.3. The van der Waals surface area contributed by atoms with Crippen LogP contribution in [0.1, 0.15) is 36.5 Å². The molecule has 0 saturated carbocycles. The van der Waals surface area contributed by atoms with E-state index in [0.29, 0.717) is 33.3 Å². The first kappa shape index (κ1) is 23.2. The first-order chi connectivity index (χ1) is 16.0. The quantitative estimate of drug-likeness (QED) is 0.224. The van der Waals surface area contributed by atoms with Crippen molar-refractivity contribution in [2.75, 3.05) is 29.1 Å². The standard InChI is InChI=1S/C23H25N5O3S2/c1-3-11-28-21(31)19-20(25-22(33-19)27-12-5-4-6-13-27)26-23(28)32-14-18(30)24-17-9-7-16(8-10-17)15(2)29/h3,7-10H,1,4-6,11-14H2,2H3,(H,24,30). The van der Waals surface area contributed by atoms with E-state index < -0.39 is 0 Å². The zero-order valence-electron chi connectivity index (χ0n) is 18.4. The lowest BCUT2D eigenvalue weighted by atomic mass is 10.1. The molecule has 1 aromatic carbocycles. The van der Waals surface area contributed by atoms with Crippen molar-refractivity contribution in [3.63, 3.8) is 0 Å². The first-order valence-electron chi connectivity index (χ1n) is 10.8. The zero-order chi connectivity index (χ0) is 23.4. The minimum Gasteiger partial charge on any atom is -0.348 e. The number of nitrogens with zero attached hydrogens (tertiary/aromatic N) is 4. The van der Waals surface area contributed by atoms with E-state index in [4.69, 9.17) is 0 Å². The van der Waals surface area contributed by atoms with E-state index in [1.54, 1.807) is 30.3 Å². The summed E-state index contributed by atoms with van der Waals surface area (Å²) in [5, 5.41) is 4.06. The van der Waals surface area contributed by atoms with Gasteiger partial charge in [-0.05, 0) is 50.5 Å². The molecule has 1 fully saturated rings. The van der Waals surface area contributed by atoms with Gasteiger partial charge in [-0.15, -0.1) is 6.58 Å². The Bertz CT molecular complexity index is 1240. The summed E-state index contributed by atoms with van der Waals surface area (Å²) in [5.74, 6) is -0.190. The van der Waals surface area contributed by atoms with Gasteiger partial charge in [0.1, 0.15) is 4.70 Å². The Balaban J connectivity index is 1.52. The number of hydrogen-bond acceptors (Lipinski definition) is 8. The second-order valence-electron chi connectivity index (χ2n) is 7.77. The Morgan fingerprint density at radius 1 is 1.18 bits per heavy atom. The van der Waals surface area contributed by atoms with E-state index in [-0.39, 0.29) is 23.0 Å². The lowest BCUT2D eigenvalue weighted by Gasteiger charge is -2.25. The van der Waals surface area contributed by atoms with Crippen LogP contribution in [0.4, 0.5) is 10.8 Å². The van der Waals surface area contributed by atoms with Gasteiger partial charge in [0.15, 0.2) is 21.7 Å². The zero-order valence-corrected chi connectivity index (χ0v) is 20.0. The van der Waals surface area contributed by atoms with Crippen molar-refractivity contribution >= 4 is 56.0 Å². The van der Waals surface area contributed by atoms with E-state index in [9.17, 15) is 14.4 Å². The molecule has 8 nitrogen and oxygen atoms in total. The highest BCUT2D eigenvalue weighted by Crippen LogP contribution is 2.29. The molecule has 0 atom stereocenters. The number of piperidine rings is 1. The number of fused-ring (bicyclic) bond motifs is 1. The molecule has 172 valence electrons. The molecule has 0 radical (unpaired) electrons. The molecule has 0 aliphatic carbocycles. The van der Waals surface area contributed by atoms with E-state index in [0.717, 1.165) is 31.1 Å². The van der Waals surface area contributed by atoms with Crippen molar-refractivity contribution in [3.8, 4) is 0 Å². The topological polar surface area (TPSA) is 97.2 Å². The number of rotatable bonds is 8. The Morgan fingerprint density at radius 2 is 1.91 bits per heavy atom. The van der Waals surface area contributed by atoms with Gasteiger partial charge in [-0.3, -0.25) is 19.0 Å². The molecule has 1 N–H and O–H groups in total. The molecule has 2 aromatic heterocycles. The fourth-order valence-electron chi connectivity index (χ4n) is 3.61. The minimum absolute atomic E-state index is 0.0319. The van der Waals surface area contributed by atoms with Crippen LogP contribution >= 0.6 is 23.1 Å². The number of thiazole rings is 1. The van der Waals surface area contributed by atoms with Crippen LogP contribution in [0, 0.1) is 0 Å². The van der Waals surface area contributed by atoms with Crippen LogP contribution < -0.4 is 15.8 Å². The molecule has 0 spiro atoms. The molecule has 0 bridgehead atoms. The largest absolute Gasteiger partial charge is 0.348 e. The van der Waals surface area contributed by atoms with Gasteiger partial charge in [0.05, 0.1) is 5.75 Å². The third kappa shape index (κ3) is 5.33. The number of hydrogen-bond donors (Lipinski definition) is 1. The van der Waals surface area contributed by atoms with Crippen molar-refractivity contribution < 1.29 is 9.59 Å². The normalized spacial score (nSPS) is 13.8. The fraction of sp³-hybridized carbons (Fsp3) is 0.348. The summed E-state index contributed by atoms with van der Waals surface area (Å²) < 4.78 is 2.06. The molecule has 1 aliphatic heterocycles. The number of thioether (sulfide) groups is 1. The Hall–Kier alpha value is -2.98. The summed E-state index contributed by atoms with van der Waals surface area (Å²) in [7, 11) is 0. The monoisotopic (exact) mass is 483 g/mol. The van der Waals surface area contributed by atoms with Crippen LogP contribution in [-0.2, 0) is 11.3 Å². The van der Waals surface area contributed by atoms with Gasteiger partial charge in [0.2, 0.25) is 5.91 Å². The van der Waals surface area contributed by atoms with Crippen LogP contribution in [0.25, 0.3) is 10.3 Å². The van der Waals surface area contributed by atoms with Crippen molar-refractivity contribution in [1.29, 1.82) is 0 Å². The molecular formula is C23H25N5O3S2. The summed E-state index contributed by atoms with van der Waals surface area (Å²) in [6, 6.07) is 6.72. The van der Waals surface area contributed by atoms with E-state index in [1.807, 2.05) is 0 Å². The predicted molar refractivity (Wildman–Crippen MR) is 134 cm³/mol. The second-order valence-corrected chi connectivity index (χ2v) is 9.69. The molecule has 1 saturated heterocycles. The maximum Gasteiger partial charge on any atom is 0.274 e. The summed E-state index contributed by atoms with van der Waals surface area (Å²) in [4.78, 5) is 48.5. The smallest absolute Gasteiger partial charge is 0.274 e. The number of ketones is 1. The number of carbonyl (C=O) groups excluding carboxylic acids is 2. The maximum atomic E-state index is 13.1. The third-order valence-corrected chi connectivity index (χ3v) is 7.39. The Morgan fingerprint density at radius 3 is 2.58 bits per heavy atom. The number of allylic oxidation sites excluding steroid dienone is 1. The third-order valence-electron chi connectivity index (χ3n) is 5.32. The molecule has 3 aromatic rings. The predicted octanol–water partition coefficient (Wildman–Crippen LogP) is 3.96. The molecule has 0 unspecified atom stereocenters. The molecule has 1 amide bonds. The first-order valence-corrected chi connectivity index (χ1v) is 12.6. The summed E-state index contributed by atoms with van der Waals surface area (Å²) in [5.41, 5.74) is 1.45. The van der Waals surface area contributed by atoms with E-state index >= 15 is 0 Å². The summed E-state index contributed by atoms with van der Waals surface area (Å²) >= 11 is 2.57. The van der Waals surface area contributed by atoms with Crippen LogP contribution in [0.15, 0.2) is 46.9 Å². The van der Waals surface area contributed by atoms with Crippen molar-refractivity contribution in [1.82, 2.24) is 14.5 Å². The van der Waals surface area contributed by atoms with Crippen molar-refractivity contribution in [2.45, 2.75) is 37.9 Å². The van der Waals surface area contributed by atoms with Gasteiger partial charge in [-0.25, -0.2) is 4.98 Å². The lowest BCUT2D eigenvalue weighted by Crippen LogP contribution is -2.29. The minimum atomic E-state index is -0.234. The SMILES string of the molecule is C=CCn1c(SCC(=O)Nc2ccc(C(C)=O)cc2)nc2nc(N3CCCCC3)sc2c1=O. The number of nitrogens with one attached hydrogen (secondary N) is 1. The molecule has 10 heteroatoms.